The van der Waals surface area contributed by atoms with Gasteiger partial charge in [0.15, 0.2) is 0 Å². The largest absolute Gasteiger partial charge is 0.462 e. The highest BCUT2D eigenvalue weighted by atomic mass is 16.6. The number of hydrogen-bond acceptors (Lipinski definition) is 9. The van der Waals surface area contributed by atoms with E-state index >= 15 is 0 Å². The van der Waals surface area contributed by atoms with Crippen LogP contribution in [-0.4, -0.2) is 86.7 Å². The molecule has 9 heteroatoms. The Labute approximate surface area is 172 Å². The van der Waals surface area contributed by atoms with Gasteiger partial charge in [-0.3, -0.25) is 0 Å². The molecule has 29 heavy (non-hydrogen) atoms. The first-order chi connectivity index (χ1) is 13.7. The maximum atomic E-state index is 11.3. The fourth-order valence-corrected chi connectivity index (χ4v) is 1.58. The van der Waals surface area contributed by atoms with Gasteiger partial charge in [-0.2, -0.15) is 0 Å². The highest BCUT2D eigenvalue weighted by molar-refractivity contribution is 5.87. The number of aliphatic hydroxyl groups is 3. The Balaban J connectivity index is 0. The molecule has 3 N–H and O–H groups in total. The van der Waals surface area contributed by atoms with Crippen LogP contribution >= 0.6 is 0 Å². The van der Waals surface area contributed by atoms with Crippen LogP contribution in [0.25, 0.3) is 0 Å². The Bertz CT molecular complexity index is 444. The molecule has 0 spiro atoms. The second-order valence-corrected chi connectivity index (χ2v) is 6.40. The Morgan fingerprint density at radius 2 is 1.17 bits per heavy atom. The van der Waals surface area contributed by atoms with Crippen molar-refractivity contribution in [3.8, 4) is 0 Å². The molecule has 0 amide bonds. The third-order valence-electron chi connectivity index (χ3n) is 3.64. The minimum atomic E-state index is -0.795. The number of carbonyl (C=O) groups is 2. The highest BCUT2D eigenvalue weighted by Crippen LogP contribution is 2.23. The molecule has 9 nitrogen and oxygen atoms in total. The zero-order valence-corrected chi connectivity index (χ0v) is 17.8. The summed E-state index contributed by atoms with van der Waals surface area (Å²) < 4.78 is 19.8. The van der Waals surface area contributed by atoms with Crippen molar-refractivity contribution in [1.29, 1.82) is 0 Å². The summed E-state index contributed by atoms with van der Waals surface area (Å²) in [6.07, 6.45) is 0.496. The summed E-state index contributed by atoms with van der Waals surface area (Å²) in [5, 5.41) is 26.0. The summed E-state index contributed by atoms with van der Waals surface area (Å²) in [5.41, 5.74) is -0.236. The van der Waals surface area contributed by atoms with Crippen molar-refractivity contribution in [3.05, 3.63) is 24.3 Å². The van der Waals surface area contributed by atoms with Crippen molar-refractivity contribution in [2.75, 3.05) is 59.5 Å². The summed E-state index contributed by atoms with van der Waals surface area (Å²) in [5.74, 6) is -1.06. The molecule has 0 unspecified atom stereocenters. The fourth-order valence-electron chi connectivity index (χ4n) is 1.58. The maximum absolute atomic E-state index is 11.3. The molecule has 0 saturated carbocycles. The molecule has 0 aromatic heterocycles. The molecular formula is C20H36O9. The van der Waals surface area contributed by atoms with Crippen molar-refractivity contribution in [3.63, 3.8) is 0 Å². The van der Waals surface area contributed by atoms with Gasteiger partial charge in [-0.15, -0.1) is 0 Å². The zero-order valence-electron chi connectivity index (χ0n) is 17.8. The topological polar surface area (TPSA) is 132 Å². The van der Waals surface area contributed by atoms with Crippen LogP contribution in [0, 0.1) is 5.41 Å². The van der Waals surface area contributed by atoms with Crippen LogP contribution < -0.4 is 0 Å². The van der Waals surface area contributed by atoms with Gasteiger partial charge < -0.3 is 34.3 Å². The second-order valence-electron chi connectivity index (χ2n) is 6.40. The van der Waals surface area contributed by atoms with E-state index in [4.69, 9.17) is 29.2 Å². The summed E-state index contributed by atoms with van der Waals surface area (Å²) in [7, 11) is 0. The van der Waals surface area contributed by atoms with E-state index in [1.54, 1.807) is 0 Å². The first kappa shape index (κ1) is 29.4. The van der Waals surface area contributed by atoms with Crippen LogP contribution in [0.5, 0.6) is 0 Å². The Kier molecular flexibility index (Phi) is 18.5. The lowest BCUT2D eigenvalue weighted by Gasteiger charge is -2.29. The van der Waals surface area contributed by atoms with E-state index in [0.717, 1.165) is 0 Å². The van der Waals surface area contributed by atoms with Gasteiger partial charge in [0.2, 0.25) is 0 Å². The van der Waals surface area contributed by atoms with Gasteiger partial charge in [-0.05, 0) is 20.3 Å². The van der Waals surface area contributed by atoms with Crippen LogP contribution in [0.4, 0.5) is 0 Å². The Hall–Kier alpha value is -1.78. The number of ether oxygens (including phenoxy) is 4. The van der Waals surface area contributed by atoms with Crippen LogP contribution in [-0.2, 0) is 28.5 Å². The minimum Gasteiger partial charge on any atom is -0.462 e. The predicted octanol–water partition coefficient (Wildman–Crippen LogP) is 0.618. The molecule has 0 atom stereocenters. The molecule has 170 valence electrons. The molecule has 0 fully saturated rings. The minimum absolute atomic E-state index is 0.0326. The Morgan fingerprint density at radius 1 is 0.793 bits per heavy atom. The van der Waals surface area contributed by atoms with Crippen LogP contribution in [0.1, 0.15) is 27.2 Å². The molecule has 0 radical (unpaired) electrons. The monoisotopic (exact) mass is 420 g/mol. The van der Waals surface area contributed by atoms with Crippen LogP contribution in [0.3, 0.4) is 0 Å². The number of rotatable bonds is 15. The van der Waals surface area contributed by atoms with Gasteiger partial charge in [-0.1, -0.05) is 20.1 Å². The van der Waals surface area contributed by atoms with Crippen molar-refractivity contribution >= 4 is 11.9 Å². The SMILES string of the molecule is C=C(C)C(=O)OCC(CC)(CO)COC(=O)C(=C)C.OCCOCCOCCO. The van der Waals surface area contributed by atoms with E-state index in [-0.39, 0.29) is 44.2 Å². The van der Waals surface area contributed by atoms with Crippen LogP contribution in [0.15, 0.2) is 24.3 Å². The van der Waals surface area contributed by atoms with E-state index in [9.17, 15) is 14.7 Å². The average Bonchev–Trinajstić information content (AvgIpc) is 2.71. The molecule has 0 aliphatic heterocycles. The maximum Gasteiger partial charge on any atom is 0.333 e. The lowest BCUT2D eigenvalue weighted by atomic mass is 9.88. The van der Waals surface area contributed by atoms with E-state index < -0.39 is 17.4 Å². The van der Waals surface area contributed by atoms with Gasteiger partial charge in [0.05, 0.1) is 51.7 Å². The smallest absolute Gasteiger partial charge is 0.333 e. The van der Waals surface area contributed by atoms with E-state index in [2.05, 4.69) is 13.2 Å². The standard InChI is InChI=1S/C14H22O5.C6H14O4/c1-6-14(7-15,8-18-12(16)10(2)3)9-19-13(17)11(4)5;7-1-3-9-5-6-10-4-2-8/h15H,2,4,6-9H2,1,3,5H3;7-8H,1-6H2. The molecule has 0 aromatic rings. The van der Waals surface area contributed by atoms with Crippen LogP contribution in [0.2, 0.25) is 0 Å². The molecule has 0 rings (SSSR count). The molecule has 0 heterocycles. The van der Waals surface area contributed by atoms with Crippen molar-refractivity contribution in [2.45, 2.75) is 27.2 Å². The number of esters is 2. The highest BCUT2D eigenvalue weighted by Gasteiger charge is 2.31. The van der Waals surface area contributed by atoms with E-state index in [1.165, 1.54) is 13.8 Å². The quantitative estimate of drug-likeness (QED) is 0.198. The molecule has 0 aliphatic rings. The lowest BCUT2D eigenvalue weighted by molar-refractivity contribution is -0.151. The van der Waals surface area contributed by atoms with E-state index in [0.29, 0.717) is 32.8 Å². The molecule has 0 aliphatic carbocycles. The zero-order chi connectivity index (χ0) is 22.7. The van der Waals surface area contributed by atoms with Gasteiger partial charge >= 0.3 is 11.9 Å². The molecule has 0 bridgehead atoms. The van der Waals surface area contributed by atoms with Crippen molar-refractivity contribution < 1.29 is 43.9 Å². The van der Waals surface area contributed by atoms with Gasteiger partial charge in [0.1, 0.15) is 13.2 Å². The normalized spacial score (nSPS) is 10.6. The van der Waals surface area contributed by atoms with Gasteiger partial charge in [0, 0.05) is 11.1 Å². The Morgan fingerprint density at radius 3 is 1.41 bits per heavy atom. The summed E-state index contributed by atoms with van der Waals surface area (Å²) in [4.78, 5) is 22.7. The summed E-state index contributed by atoms with van der Waals surface area (Å²) in [6.45, 7) is 13.2. The van der Waals surface area contributed by atoms with Gasteiger partial charge in [0.25, 0.3) is 0 Å². The third-order valence-corrected chi connectivity index (χ3v) is 3.64. The van der Waals surface area contributed by atoms with Crippen molar-refractivity contribution in [1.82, 2.24) is 0 Å². The first-order valence-corrected chi connectivity index (χ1v) is 9.33. The molecular weight excluding hydrogens is 384 g/mol. The third kappa shape index (κ3) is 15.8. The lowest BCUT2D eigenvalue weighted by Crippen LogP contribution is -2.37. The van der Waals surface area contributed by atoms with Crippen molar-refractivity contribution in [2.24, 2.45) is 5.41 Å². The number of aliphatic hydroxyl groups excluding tert-OH is 3. The average molecular weight is 420 g/mol. The second kappa shape index (κ2) is 18.3. The molecule has 0 aromatic carbocycles. The van der Waals surface area contributed by atoms with E-state index in [1.807, 2.05) is 6.92 Å². The number of hydrogen-bond donors (Lipinski definition) is 3. The summed E-state index contributed by atoms with van der Waals surface area (Å²) in [6, 6.07) is 0. The predicted molar refractivity (Wildman–Crippen MR) is 107 cm³/mol. The summed E-state index contributed by atoms with van der Waals surface area (Å²) >= 11 is 0. The number of carbonyl (C=O) groups excluding carboxylic acids is 2. The van der Waals surface area contributed by atoms with Gasteiger partial charge in [-0.25, -0.2) is 9.59 Å². The molecule has 0 saturated heterocycles. The first-order valence-electron chi connectivity index (χ1n) is 9.33. The fraction of sp³-hybridized carbons (Fsp3) is 0.700.